The van der Waals surface area contributed by atoms with Crippen LogP contribution in [0.3, 0.4) is 0 Å². The van der Waals surface area contributed by atoms with Crippen LogP contribution in [0.15, 0.2) is 36.8 Å². The highest BCUT2D eigenvalue weighted by Crippen LogP contribution is 2.39. The van der Waals surface area contributed by atoms with Crippen LogP contribution in [0.5, 0.6) is 0 Å². The number of hydrogen-bond donors (Lipinski definition) is 0. The van der Waals surface area contributed by atoms with Crippen LogP contribution in [0, 0.1) is 5.82 Å². The summed E-state index contributed by atoms with van der Waals surface area (Å²) in [4.78, 5) is 35.5. The van der Waals surface area contributed by atoms with E-state index >= 15 is 0 Å². The number of amides is 1. The molecule has 0 radical (unpaired) electrons. The number of anilines is 2. The van der Waals surface area contributed by atoms with E-state index in [2.05, 4.69) is 19.7 Å². The lowest BCUT2D eigenvalue weighted by Gasteiger charge is -2.30. The molecule has 1 amide bonds. The Bertz CT molecular complexity index is 1260. The number of pyridine rings is 1. The summed E-state index contributed by atoms with van der Waals surface area (Å²) in [6.45, 7) is 4.99. The third-order valence-corrected chi connectivity index (χ3v) is 7.11. The summed E-state index contributed by atoms with van der Waals surface area (Å²) in [6.07, 6.45) is 6.50. The summed E-state index contributed by atoms with van der Waals surface area (Å²) in [5.41, 5.74) is 3.71. The van der Waals surface area contributed by atoms with Crippen molar-refractivity contribution in [1.29, 1.82) is 0 Å². The molecule has 1 aromatic carbocycles. The van der Waals surface area contributed by atoms with E-state index in [1.165, 1.54) is 12.3 Å². The molecule has 196 valence electrons. The molecule has 2 aliphatic heterocycles. The van der Waals surface area contributed by atoms with Crippen LogP contribution in [-0.2, 0) is 4.74 Å². The summed E-state index contributed by atoms with van der Waals surface area (Å²) in [7, 11) is 5.80. The van der Waals surface area contributed by atoms with Gasteiger partial charge in [-0.15, -0.1) is 0 Å². The van der Waals surface area contributed by atoms with Gasteiger partial charge in [-0.1, -0.05) is 0 Å². The van der Waals surface area contributed by atoms with Gasteiger partial charge in [0.15, 0.2) is 0 Å². The van der Waals surface area contributed by atoms with Gasteiger partial charge in [-0.05, 0) is 39.1 Å². The highest BCUT2D eigenvalue weighted by molar-refractivity contribution is 5.98. The van der Waals surface area contributed by atoms with Crippen molar-refractivity contribution in [1.82, 2.24) is 24.8 Å². The lowest BCUT2D eigenvalue weighted by Crippen LogP contribution is -2.37. The maximum atomic E-state index is 14.1. The molecule has 0 spiro atoms. The first-order chi connectivity index (χ1) is 17.9. The maximum Gasteiger partial charge on any atom is 0.253 e. The molecule has 0 saturated carbocycles. The molecule has 4 heterocycles. The molecule has 0 aliphatic carbocycles. The zero-order valence-electron chi connectivity index (χ0n) is 21.7. The smallest absolute Gasteiger partial charge is 0.253 e. The van der Waals surface area contributed by atoms with Gasteiger partial charge in [0.25, 0.3) is 5.91 Å². The summed E-state index contributed by atoms with van der Waals surface area (Å²) < 4.78 is 19.6. The van der Waals surface area contributed by atoms with Crippen molar-refractivity contribution < 1.29 is 13.9 Å². The van der Waals surface area contributed by atoms with Crippen molar-refractivity contribution >= 4 is 28.4 Å². The minimum absolute atomic E-state index is 0.0546. The van der Waals surface area contributed by atoms with Gasteiger partial charge in [0.2, 0.25) is 0 Å². The first-order valence-electron chi connectivity index (χ1n) is 12.8. The molecule has 2 saturated heterocycles. The molecular weight excluding hydrogens is 473 g/mol. The number of nitrogens with zero attached hydrogens (tertiary/aromatic N) is 7. The average molecular weight is 508 g/mol. The third-order valence-electron chi connectivity index (χ3n) is 7.11. The standard InChI is InChI=1S/C27H34FN7O2/c1-32(2)7-8-33(3)27(36)19-13-22(24-5-4-6-35(24)21-15-20(28)16-29-17-21)26-23(14-19)30-18-25(31-26)34-9-11-37-12-10-34/h13-18,24H,4-12H2,1-3H3. The molecule has 0 bridgehead atoms. The fourth-order valence-electron chi connectivity index (χ4n) is 5.08. The second-order valence-corrected chi connectivity index (χ2v) is 10.0. The topological polar surface area (TPSA) is 77.9 Å². The number of hydrogen-bond acceptors (Lipinski definition) is 8. The third kappa shape index (κ3) is 5.50. The summed E-state index contributed by atoms with van der Waals surface area (Å²) in [5, 5.41) is 0. The fraction of sp³-hybridized carbons (Fsp3) is 0.481. The van der Waals surface area contributed by atoms with Gasteiger partial charge in [-0.2, -0.15) is 0 Å². The van der Waals surface area contributed by atoms with Gasteiger partial charge in [-0.3, -0.25) is 14.8 Å². The number of aromatic nitrogens is 3. The molecule has 10 heteroatoms. The Morgan fingerprint density at radius 2 is 1.89 bits per heavy atom. The van der Waals surface area contributed by atoms with Crippen molar-refractivity contribution in [2.45, 2.75) is 18.9 Å². The Balaban J connectivity index is 1.58. The molecule has 1 unspecified atom stereocenters. The summed E-state index contributed by atoms with van der Waals surface area (Å²) in [5.74, 6) is 0.381. The van der Waals surface area contributed by atoms with Crippen LogP contribution < -0.4 is 9.80 Å². The molecule has 2 aliphatic rings. The number of ether oxygens (including phenoxy) is 1. The SMILES string of the molecule is CN(C)CCN(C)C(=O)c1cc(C2CCCN2c2cncc(F)c2)c2nc(N3CCOCC3)cnc2c1. The van der Waals surface area contributed by atoms with E-state index in [1.54, 1.807) is 17.3 Å². The highest BCUT2D eigenvalue weighted by atomic mass is 19.1. The number of fused-ring (bicyclic) bond motifs is 1. The number of likely N-dealkylation sites (N-methyl/N-ethyl adjacent to an activating group) is 2. The van der Waals surface area contributed by atoms with E-state index in [0.717, 1.165) is 61.6 Å². The number of morpholine rings is 1. The van der Waals surface area contributed by atoms with E-state index < -0.39 is 0 Å². The monoisotopic (exact) mass is 507 g/mol. The second-order valence-electron chi connectivity index (χ2n) is 10.0. The molecule has 0 N–H and O–H groups in total. The number of carbonyl (C=O) groups excluding carboxylic acids is 1. The summed E-state index contributed by atoms with van der Waals surface area (Å²) >= 11 is 0. The van der Waals surface area contributed by atoms with Crippen LogP contribution in [-0.4, -0.2) is 97.7 Å². The highest BCUT2D eigenvalue weighted by Gasteiger charge is 2.30. The predicted molar refractivity (Wildman–Crippen MR) is 142 cm³/mol. The van der Waals surface area contributed by atoms with Gasteiger partial charge < -0.3 is 24.3 Å². The van der Waals surface area contributed by atoms with Crippen molar-refractivity contribution in [3.05, 3.63) is 53.7 Å². The van der Waals surface area contributed by atoms with Crippen LogP contribution >= 0.6 is 0 Å². The van der Waals surface area contributed by atoms with Crippen molar-refractivity contribution in [2.24, 2.45) is 0 Å². The molecule has 5 rings (SSSR count). The molecule has 3 aromatic rings. The van der Waals surface area contributed by atoms with Gasteiger partial charge in [0.05, 0.1) is 54.6 Å². The zero-order valence-corrected chi connectivity index (χ0v) is 21.7. The fourth-order valence-corrected chi connectivity index (χ4v) is 5.08. The van der Waals surface area contributed by atoms with E-state index in [9.17, 15) is 9.18 Å². The number of carbonyl (C=O) groups is 1. The number of benzene rings is 1. The maximum absolute atomic E-state index is 14.1. The first kappa shape index (κ1) is 25.3. The normalized spacial score (nSPS) is 18.1. The summed E-state index contributed by atoms with van der Waals surface area (Å²) in [6, 6.07) is 5.25. The largest absolute Gasteiger partial charge is 0.378 e. The molecule has 9 nitrogen and oxygen atoms in total. The van der Waals surface area contributed by atoms with Crippen LogP contribution in [0.2, 0.25) is 0 Å². The van der Waals surface area contributed by atoms with Gasteiger partial charge in [-0.25, -0.2) is 9.37 Å². The van der Waals surface area contributed by atoms with Crippen molar-refractivity contribution in [3.63, 3.8) is 0 Å². The van der Waals surface area contributed by atoms with Gasteiger partial charge in [0.1, 0.15) is 11.6 Å². The Kier molecular flexibility index (Phi) is 7.48. The Morgan fingerprint density at radius 3 is 2.65 bits per heavy atom. The second kappa shape index (κ2) is 10.9. The van der Waals surface area contributed by atoms with Crippen molar-refractivity contribution in [3.8, 4) is 0 Å². The zero-order chi connectivity index (χ0) is 25.9. The molecule has 2 fully saturated rings. The Morgan fingerprint density at radius 1 is 1.08 bits per heavy atom. The minimum atomic E-state index is -0.367. The number of halogens is 1. The Hall–Kier alpha value is -3.37. The van der Waals surface area contributed by atoms with E-state index in [-0.39, 0.29) is 17.8 Å². The molecule has 37 heavy (non-hydrogen) atoms. The quantitative estimate of drug-likeness (QED) is 0.483. The lowest BCUT2D eigenvalue weighted by atomic mass is 9.98. The van der Waals surface area contributed by atoms with E-state index in [1.807, 2.05) is 33.3 Å². The average Bonchev–Trinajstić information content (AvgIpc) is 3.41. The van der Waals surface area contributed by atoms with E-state index in [4.69, 9.17) is 14.7 Å². The van der Waals surface area contributed by atoms with E-state index in [0.29, 0.717) is 30.8 Å². The first-order valence-corrected chi connectivity index (χ1v) is 12.8. The lowest BCUT2D eigenvalue weighted by molar-refractivity contribution is 0.0786. The molecular formula is C27H34FN7O2. The van der Waals surface area contributed by atoms with Crippen LogP contribution in [0.1, 0.15) is 34.8 Å². The Labute approximate surface area is 216 Å². The number of rotatable bonds is 7. The van der Waals surface area contributed by atoms with Crippen LogP contribution in [0.25, 0.3) is 11.0 Å². The molecule has 1 atom stereocenters. The minimum Gasteiger partial charge on any atom is -0.378 e. The predicted octanol–water partition coefficient (Wildman–Crippen LogP) is 2.98. The van der Waals surface area contributed by atoms with Gasteiger partial charge in [0, 0.05) is 57.0 Å². The molecule has 2 aromatic heterocycles. The van der Waals surface area contributed by atoms with Gasteiger partial charge >= 0.3 is 0 Å². The van der Waals surface area contributed by atoms with Crippen LogP contribution in [0.4, 0.5) is 15.9 Å². The van der Waals surface area contributed by atoms with Crippen molar-refractivity contribution in [2.75, 3.05) is 76.9 Å².